The van der Waals surface area contributed by atoms with Crippen LogP contribution in [-0.2, 0) is 18.3 Å². The second-order valence-corrected chi connectivity index (χ2v) is 17.9. The quantitative estimate of drug-likeness (QED) is 0.168. The molecule has 2 nitrogen and oxygen atoms in total. The van der Waals surface area contributed by atoms with Crippen LogP contribution < -0.4 is 4.90 Å². The molecule has 0 amide bonds. The van der Waals surface area contributed by atoms with Crippen molar-refractivity contribution in [2.24, 2.45) is 0 Å². The molecule has 0 atom stereocenters. The Balaban J connectivity index is 0.931. The molecule has 0 unspecified atom stereocenters. The number of benzene rings is 10. The number of fused-ring (bicyclic) bond motifs is 16. The lowest BCUT2D eigenvalue weighted by molar-refractivity contribution is 0.794. The molecule has 1 aromatic heterocycles. The van der Waals surface area contributed by atoms with Crippen LogP contribution in [0.3, 0.4) is 0 Å². The van der Waals surface area contributed by atoms with Crippen molar-refractivity contribution >= 4 is 38.9 Å². The van der Waals surface area contributed by atoms with E-state index in [1.807, 2.05) is 0 Å². The van der Waals surface area contributed by atoms with Gasteiger partial charge < -0.3 is 9.47 Å². The van der Waals surface area contributed by atoms with Gasteiger partial charge in [-0.2, -0.15) is 0 Å². The summed E-state index contributed by atoms with van der Waals surface area (Å²) in [5.74, 6) is 0. The number of aryl methyl sites for hydroxylation is 2. The predicted molar refractivity (Wildman–Crippen MR) is 270 cm³/mol. The third-order valence-corrected chi connectivity index (χ3v) is 14.7. The average molecular weight is 827 g/mol. The summed E-state index contributed by atoms with van der Waals surface area (Å²) in [4.78, 5) is 2.45. The van der Waals surface area contributed by atoms with Gasteiger partial charge in [0.15, 0.2) is 0 Å². The van der Waals surface area contributed by atoms with E-state index in [0.29, 0.717) is 0 Å². The molecule has 10 aromatic carbocycles. The van der Waals surface area contributed by atoms with Gasteiger partial charge in [-0.15, -0.1) is 0 Å². The molecule has 0 bridgehead atoms. The molecule has 0 saturated carbocycles. The molecular formula is C63H42N2. The maximum absolute atomic E-state index is 2.48. The Morgan fingerprint density at radius 1 is 0.323 bits per heavy atom. The molecule has 0 fully saturated rings. The normalized spacial score (nSPS) is 13.5. The van der Waals surface area contributed by atoms with E-state index >= 15 is 0 Å². The smallest absolute Gasteiger partial charge is 0.0725 e. The summed E-state index contributed by atoms with van der Waals surface area (Å²) >= 11 is 0. The number of anilines is 3. The SMILES string of the molecule is c1ccc(-n2c3ccccc3c3cc(N(c4ccc(-c5ccc6c(c5)C5(c7ccccc7-c7ccccc75)c5ccccc5-6)cc4)c4ccc5c(c4)-c4ccccc4CC5)ccc32)cc1. The highest BCUT2D eigenvalue weighted by molar-refractivity contribution is 6.11. The van der Waals surface area contributed by atoms with Crippen molar-refractivity contribution in [2.75, 3.05) is 4.90 Å². The van der Waals surface area contributed by atoms with Crippen molar-refractivity contribution < 1.29 is 0 Å². The van der Waals surface area contributed by atoms with Gasteiger partial charge in [0.25, 0.3) is 0 Å². The van der Waals surface area contributed by atoms with E-state index in [0.717, 1.165) is 35.6 Å². The molecule has 3 aliphatic carbocycles. The molecule has 1 heterocycles. The topological polar surface area (TPSA) is 8.17 Å². The van der Waals surface area contributed by atoms with Crippen molar-refractivity contribution in [1.82, 2.24) is 4.57 Å². The Morgan fingerprint density at radius 2 is 0.846 bits per heavy atom. The van der Waals surface area contributed by atoms with Gasteiger partial charge in [-0.1, -0.05) is 164 Å². The minimum absolute atomic E-state index is 0.376. The van der Waals surface area contributed by atoms with Crippen LogP contribution in [0.25, 0.3) is 72.0 Å². The molecule has 1 spiro atoms. The molecule has 304 valence electrons. The van der Waals surface area contributed by atoms with E-state index in [1.54, 1.807) is 0 Å². The molecule has 0 saturated heterocycles. The molecular weight excluding hydrogens is 785 g/mol. The van der Waals surface area contributed by atoms with Gasteiger partial charge in [-0.25, -0.2) is 0 Å². The van der Waals surface area contributed by atoms with E-state index in [1.165, 1.54) is 99.7 Å². The number of hydrogen-bond donors (Lipinski definition) is 0. The molecule has 3 aliphatic rings. The van der Waals surface area contributed by atoms with Crippen LogP contribution in [0.15, 0.2) is 231 Å². The zero-order valence-corrected chi connectivity index (χ0v) is 35.7. The number of nitrogens with zero attached hydrogens (tertiary/aromatic N) is 2. The van der Waals surface area contributed by atoms with Crippen LogP contribution in [0.2, 0.25) is 0 Å². The fourth-order valence-corrected chi connectivity index (χ4v) is 11.9. The Bertz CT molecular complexity index is 3660. The van der Waals surface area contributed by atoms with Crippen LogP contribution >= 0.6 is 0 Å². The Hall–Kier alpha value is -8.20. The van der Waals surface area contributed by atoms with Gasteiger partial charge >= 0.3 is 0 Å². The number of aromatic nitrogens is 1. The lowest BCUT2D eigenvalue weighted by Gasteiger charge is -2.30. The van der Waals surface area contributed by atoms with Crippen LogP contribution in [0, 0.1) is 0 Å². The summed E-state index contributed by atoms with van der Waals surface area (Å²) in [7, 11) is 0. The lowest BCUT2D eigenvalue weighted by atomic mass is 9.70. The molecule has 0 radical (unpaired) electrons. The summed E-state index contributed by atoms with van der Waals surface area (Å²) in [6.07, 6.45) is 2.13. The summed E-state index contributed by atoms with van der Waals surface area (Å²) < 4.78 is 2.39. The molecule has 65 heavy (non-hydrogen) atoms. The van der Waals surface area contributed by atoms with E-state index in [9.17, 15) is 0 Å². The van der Waals surface area contributed by atoms with E-state index < -0.39 is 0 Å². The zero-order valence-electron chi connectivity index (χ0n) is 35.7. The lowest BCUT2D eigenvalue weighted by Crippen LogP contribution is -2.25. The van der Waals surface area contributed by atoms with E-state index in [4.69, 9.17) is 0 Å². The number of para-hydroxylation sites is 2. The molecule has 11 aromatic rings. The fourth-order valence-electron chi connectivity index (χ4n) is 11.9. The standard InChI is InChI=1S/C63H42N2/c1-2-15-45(16-3-1)65-61-25-13-9-21-54(61)56-40-48(35-37-62(56)65)64(47-34-30-43-27-26-42-14-4-5-17-49(42)55(43)39-47)46-32-28-41(29-33-46)44-31-36-53-52-20-8-12-24-59(52)63(60(53)38-44)57-22-10-6-18-50(57)51-19-7-11-23-58(51)63/h1-25,28-40H,26-27H2. The Kier molecular flexibility index (Phi) is 7.76. The highest BCUT2D eigenvalue weighted by Crippen LogP contribution is 2.63. The molecule has 2 heteroatoms. The minimum atomic E-state index is -0.376. The summed E-state index contributed by atoms with van der Waals surface area (Å²) in [5, 5.41) is 2.47. The van der Waals surface area contributed by atoms with Crippen LogP contribution in [-0.4, -0.2) is 4.57 Å². The van der Waals surface area contributed by atoms with E-state index in [2.05, 4.69) is 240 Å². The largest absolute Gasteiger partial charge is 0.310 e. The van der Waals surface area contributed by atoms with E-state index in [-0.39, 0.29) is 5.41 Å². The third kappa shape index (κ3) is 5.17. The first-order valence-corrected chi connectivity index (χ1v) is 22.9. The summed E-state index contributed by atoms with van der Waals surface area (Å²) in [6.45, 7) is 0. The molecule has 14 rings (SSSR count). The van der Waals surface area contributed by atoms with Crippen molar-refractivity contribution in [2.45, 2.75) is 18.3 Å². The second kappa shape index (κ2) is 13.9. The second-order valence-electron chi connectivity index (χ2n) is 17.9. The minimum Gasteiger partial charge on any atom is -0.310 e. The first-order chi connectivity index (χ1) is 32.2. The maximum Gasteiger partial charge on any atom is 0.0725 e. The van der Waals surface area contributed by atoms with Gasteiger partial charge in [0, 0.05) is 33.5 Å². The number of hydrogen-bond acceptors (Lipinski definition) is 1. The highest BCUT2D eigenvalue weighted by atomic mass is 15.1. The van der Waals surface area contributed by atoms with Crippen LogP contribution in [0.4, 0.5) is 17.1 Å². The number of rotatable bonds is 5. The first kappa shape index (κ1) is 36.3. The monoisotopic (exact) mass is 826 g/mol. The molecule has 0 aliphatic heterocycles. The van der Waals surface area contributed by atoms with Crippen LogP contribution in [0.1, 0.15) is 33.4 Å². The van der Waals surface area contributed by atoms with Crippen molar-refractivity contribution in [3.63, 3.8) is 0 Å². The van der Waals surface area contributed by atoms with Gasteiger partial charge in [0.2, 0.25) is 0 Å². The predicted octanol–water partition coefficient (Wildman–Crippen LogP) is 16.0. The average Bonchev–Trinajstić information content (AvgIpc) is 3.98. The summed E-state index contributed by atoms with van der Waals surface area (Å²) in [5.41, 5.74) is 25.3. The van der Waals surface area contributed by atoms with Gasteiger partial charge in [-0.3, -0.25) is 0 Å². The van der Waals surface area contributed by atoms with Crippen molar-refractivity contribution in [3.05, 3.63) is 264 Å². The van der Waals surface area contributed by atoms with Crippen molar-refractivity contribution in [3.8, 4) is 50.2 Å². The van der Waals surface area contributed by atoms with Gasteiger partial charge in [0.05, 0.1) is 16.4 Å². The summed E-state index contributed by atoms with van der Waals surface area (Å²) in [6, 6.07) is 86.2. The Labute approximate surface area is 379 Å². The van der Waals surface area contributed by atoms with Gasteiger partial charge in [-0.05, 0) is 157 Å². The first-order valence-electron chi connectivity index (χ1n) is 22.9. The zero-order chi connectivity index (χ0) is 42.6. The van der Waals surface area contributed by atoms with Crippen LogP contribution in [0.5, 0.6) is 0 Å². The molecule has 0 N–H and O–H groups in total. The Morgan fingerprint density at radius 3 is 1.57 bits per heavy atom. The van der Waals surface area contributed by atoms with Gasteiger partial charge in [0.1, 0.15) is 0 Å². The van der Waals surface area contributed by atoms with Crippen molar-refractivity contribution in [1.29, 1.82) is 0 Å². The third-order valence-electron chi connectivity index (χ3n) is 14.7. The highest BCUT2D eigenvalue weighted by Gasteiger charge is 2.51. The fraction of sp³-hybridized carbons (Fsp3) is 0.0476. The maximum atomic E-state index is 2.48.